The van der Waals surface area contributed by atoms with Crippen LogP contribution in [0, 0.1) is 13.8 Å². The Morgan fingerprint density at radius 1 is 0.833 bits per heavy atom. The molecule has 0 saturated carbocycles. The van der Waals surface area contributed by atoms with Crippen molar-refractivity contribution in [1.82, 2.24) is 4.57 Å². The fraction of sp³-hybridized carbons (Fsp3) is 0.435. The lowest BCUT2D eigenvalue weighted by Crippen LogP contribution is -2.31. The predicted molar refractivity (Wildman–Crippen MR) is 117 cm³/mol. The maximum absolute atomic E-state index is 13.0. The van der Waals surface area contributed by atoms with E-state index in [2.05, 4.69) is 18.7 Å². The topological polar surface area (TPSA) is 77.8 Å². The van der Waals surface area contributed by atoms with Crippen LogP contribution in [-0.2, 0) is 9.47 Å². The van der Waals surface area contributed by atoms with Gasteiger partial charge in [-0.25, -0.2) is 9.59 Å². The Kier molecular flexibility index (Phi) is 7.80. The van der Waals surface area contributed by atoms with E-state index in [1.54, 1.807) is 32.3 Å². The highest BCUT2D eigenvalue weighted by Gasteiger charge is 2.27. The van der Waals surface area contributed by atoms with Crippen LogP contribution in [-0.4, -0.2) is 42.8 Å². The summed E-state index contributed by atoms with van der Waals surface area (Å²) in [4.78, 5) is 40.3. The average Bonchev–Trinajstić information content (AvgIpc) is 2.70. The summed E-state index contributed by atoms with van der Waals surface area (Å²) in [6.07, 6.45) is 0. The number of benzene rings is 1. The molecular formula is C23H30N2O5. The maximum Gasteiger partial charge on any atom is 0.343 e. The van der Waals surface area contributed by atoms with Crippen LogP contribution in [0.3, 0.4) is 0 Å². The number of carbonyl (C=O) groups excluding carboxylic acids is 2. The average molecular weight is 415 g/mol. The maximum atomic E-state index is 13.0. The summed E-state index contributed by atoms with van der Waals surface area (Å²) in [5, 5.41) is 0. The molecule has 0 atom stereocenters. The van der Waals surface area contributed by atoms with Gasteiger partial charge in [0.2, 0.25) is 5.43 Å². The van der Waals surface area contributed by atoms with Crippen LogP contribution in [0.4, 0.5) is 5.69 Å². The highest BCUT2D eigenvalue weighted by atomic mass is 16.5. The highest BCUT2D eigenvalue weighted by molar-refractivity contribution is 5.96. The molecule has 1 aromatic heterocycles. The van der Waals surface area contributed by atoms with Crippen LogP contribution >= 0.6 is 0 Å². The molecule has 0 spiro atoms. The number of anilines is 1. The molecule has 0 bridgehead atoms. The molecular weight excluding hydrogens is 384 g/mol. The minimum atomic E-state index is -0.751. The number of esters is 2. The smallest absolute Gasteiger partial charge is 0.343 e. The van der Waals surface area contributed by atoms with Crippen molar-refractivity contribution in [1.29, 1.82) is 0 Å². The third kappa shape index (κ3) is 4.40. The summed E-state index contributed by atoms with van der Waals surface area (Å²) in [5.41, 5.74) is 1.65. The van der Waals surface area contributed by atoms with E-state index in [4.69, 9.17) is 9.47 Å². The summed E-state index contributed by atoms with van der Waals surface area (Å²) < 4.78 is 11.9. The molecule has 0 fully saturated rings. The van der Waals surface area contributed by atoms with E-state index in [-0.39, 0.29) is 24.3 Å². The fourth-order valence-electron chi connectivity index (χ4n) is 3.60. The minimum Gasteiger partial charge on any atom is -0.462 e. The van der Waals surface area contributed by atoms with Gasteiger partial charge < -0.3 is 18.9 Å². The van der Waals surface area contributed by atoms with E-state index in [1.165, 1.54) is 0 Å². The van der Waals surface area contributed by atoms with Gasteiger partial charge in [-0.3, -0.25) is 4.79 Å². The Hall–Kier alpha value is -3.09. The number of hydrogen-bond donors (Lipinski definition) is 0. The van der Waals surface area contributed by atoms with Gasteiger partial charge in [0.25, 0.3) is 0 Å². The lowest BCUT2D eigenvalue weighted by molar-refractivity contribution is 0.0519. The second-order valence-electron chi connectivity index (χ2n) is 6.71. The van der Waals surface area contributed by atoms with Crippen molar-refractivity contribution < 1.29 is 19.1 Å². The molecule has 0 N–H and O–H groups in total. The number of pyridine rings is 1. The van der Waals surface area contributed by atoms with Gasteiger partial charge in [-0.2, -0.15) is 0 Å². The largest absolute Gasteiger partial charge is 0.462 e. The first kappa shape index (κ1) is 23.2. The lowest BCUT2D eigenvalue weighted by atomic mass is 10.0. The number of aromatic nitrogens is 1. The van der Waals surface area contributed by atoms with Gasteiger partial charge in [-0.15, -0.1) is 0 Å². The van der Waals surface area contributed by atoms with Crippen LogP contribution in [0.15, 0.2) is 29.1 Å². The van der Waals surface area contributed by atoms with E-state index in [0.717, 1.165) is 24.5 Å². The molecule has 30 heavy (non-hydrogen) atoms. The standard InChI is InChI=1S/C23H30N2O5/c1-7-24(8-2)17-11-13-18(14-12-17)25-15(5)19(22(27)29-9-3)21(26)20(16(25)6)23(28)30-10-4/h11-14H,7-10H2,1-6H3. The highest BCUT2D eigenvalue weighted by Crippen LogP contribution is 2.23. The molecule has 7 heteroatoms. The third-order valence-electron chi connectivity index (χ3n) is 5.04. The molecule has 1 aromatic carbocycles. The fourth-order valence-corrected chi connectivity index (χ4v) is 3.60. The van der Waals surface area contributed by atoms with Crippen molar-refractivity contribution in [3.8, 4) is 5.69 Å². The second-order valence-corrected chi connectivity index (χ2v) is 6.71. The molecule has 0 saturated heterocycles. The van der Waals surface area contributed by atoms with Crippen LogP contribution in [0.1, 0.15) is 59.8 Å². The summed E-state index contributed by atoms with van der Waals surface area (Å²) in [7, 11) is 0. The summed E-state index contributed by atoms with van der Waals surface area (Å²) >= 11 is 0. The van der Waals surface area contributed by atoms with Crippen molar-refractivity contribution in [2.75, 3.05) is 31.2 Å². The van der Waals surface area contributed by atoms with Gasteiger partial charge in [-0.05, 0) is 65.8 Å². The first-order valence-electron chi connectivity index (χ1n) is 10.3. The number of nitrogens with zero attached hydrogens (tertiary/aromatic N) is 2. The lowest BCUT2D eigenvalue weighted by Gasteiger charge is -2.23. The molecule has 0 radical (unpaired) electrons. The monoisotopic (exact) mass is 414 g/mol. The van der Waals surface area contributed by atoms with E-state index < -0.39 is 17.4 Å². The van der Waals surface area contributed by atoms with Crippen LogP contribution in [0.2, 0.25) is 0 Å². The molecule has 0 aliphatic heterocycles. The number of carbonyl (C=O) groups is 2. The van der Waals surface area contributed by atoms with E-state index in [1.807, 2.05) is 24.3 Å². The van der Waals surface area contributed by atoms with Crippen molar-refractivity contribution in [2.45, 2.75) is 41.5 Å². The van der Waals surface area contributed by atoms with E-state index in [0.29, 0.717) is 11.4 Å². The quantitative estimate of drug-likeness (QED) is 0.614. The predicted octanol–water partition coefficient (Wildman–Crippen LogP) is 3.65. The SMILES string of the molecule is CCOC(=O)c1c(C)n(-c2ccc(N(CC)CC)cc2)c(C)c(C(=O)OCC)c1=O. The Labute approximate surface area is 177 Å². The van der Waals surface area contributed by atoms with Gasteiger partial charge in [0.15, 0.2) is 0 Å². The van der Waals surface area contributed by atoms with Crippen molar-refractivity contribution in [3.63, 3.8) is 0 Å². The number of rotatable bonds is 8. The van der Waals surface area contributed by atoms with Crippen LogP contribution < -0.4 is 10.3 Å². The molecule has 2 rings (SSSR count). The zero-order chi connectivity index (χ0) is 22.4. The first-order valence-corrected chi connectivity index (χ1v) is 10.3. The first-order chi connectivity index (χ1) is 14.3. The van der Waals surface area contributed by atoms with Gasteiger partial charge in [0.05, 0.1) is 13.2 Å². The van der Waals surface area contributed by atoms with Crippen molar-refractivity contribution >= 4 is 17.6 Å². The number of hydrogen-bond acceptors (Lipinski definition) is 6. The molecule has 162 valence electrons. The molecule has 2 aromatic rings. The van der Waals surface area contributed by atoms with Gasteiger partial charge in [0, 0.05) is 35.9 Å². The molecule has 0 aliphatic carbocycles. The Morgan fingerprint density at radius 2 is 1.27 bits per heavy atom. The Balaban J connectivity index is 2.76. The van der Waals surface area contributed by atoms with Crippen LogP contribution in [0.5, 0.6) is 0 Å². The van der Waals surface area contributed by atoms with Crippen molar-refractivity contribution in [3.05, 3.63) is 57.0 Å². The zero-order valence-corrected chi connectivity index (χ0v) is 18.6. The second kappa shape index (κ2) is 10.1. The summed E-state index contributed by atoms with van der Waals surface area (Å²) in [5.74, 6) is -1.50. The molecule has 0 unspecified atom stereocenters. The summed E-state index contributed by atoms with van der Waals surface area (Å²) in [6.45, 7) is 12.9. The molecule has 7 nitrogen and oxygen atoms in total. The van der Waals surface area contributed by atoms with Gasteiger partial charge in [-0.1, -0.05) is 0 Å². The van der Waals surface area contributed by atoms with Gasteiger partial charge in [0.1, 0.15) is 11.1 Å². The minimum absolute atomic E-state index is 0.124. The summed E-state index contributed by atoms with van der Waals surface area (Å²) in [6, 6.07) is 7.77. The number of ether oxygens (including phenoxy) is 2. The van der Waals surface area contributed by atoms with E-state index in [9.17, 15) is 14.4 Å². The zero-order valence-electron chi connectivity index (χ0n) is 18.6. The normalized spacial score (nSPS) is 10.6. The molecule has 0 amide bonds. The van der Waals surface area contributed by atoms with E-state index >= 15 is 0 Å². The van der Waals surface area contributed by atoms with Gasteiger partial charge >= 0.3 is 11.9 Å². The molecule has 0 aliphatic rings. The third-order valence-corrected chi connectivity index (χ3v) is 5.04. The molecule has 1 heterocycles. The Morgan fingerprint density at radius 3 is 1.63 bits per heavy atom. The Bertz CT molecular complexity index is 924. The van der Waals surface area contributed by atoms with Crippen LogP contribution in [0.25, 0.3) is 5.69 Å². The van der Waals surface area contributed by atoms with Crippen molar-refractivity contribution in [2.24, 2.45) is 0 Å².